The Hall–Kier alpha value is -2.25. The van der Waals surface area contributed by atoms with Crippen molar-refractivity contribution in [1.29, 1.82) is 0 Å². The maximum Gasteiger partial charge on any atom is 0.293 e. The number of nitrogens with one attached hydrogen (secondary N) is 2. The summed E-state index contributed by atoms with van der Waals surface area (Å²) < 4.78 is 0. The lowest BCUT2D eigenvalue weighted by atomic mass is 10.1. The van der Waals surface area contributed by atoms with E-state index < -0.39 is 4.92 Å². The number of nitrogens with zero attached hydrogens (tertiary/aromatic N) is 1. The van der Waals surface area contributed by atoms with Crippen LogP contribution in [-0.2, 0) is 6.54 Å². The van der Waals surface area contributed by atoms with Gasteiger partial charge in [0.2, 0.25) is 0 Å². The van der Waals surface area contributed by atoms with E-state index in [0.717, 1.165) is 29.9 Å². The Morgan fingerprint density at radius 3 is 2.67 bits per heavy atom. The first-order chi connectivity index (χ1) is 13.0. The number of anilines is 1. The molecule has 2 aromatic carbocycles. The molecule has 0 aliphatic carbocycles. The molecule has 142 valence electrons. The number of hydrogen-bond donors (Lipinski definition) is 2. The maximum atomic E-state index is 12.4. The molecule has 3 rings (SSSR count). The molecule has 1 amide bonds. The average molecular weight is 406 g/mol. The molecule has 6 nitrogen and oxygen atoms in total. The second-order valence-corrected chi connectivity index (χ2v) is 7.93. The summed E-state index contributed by atoms with van der Waals surface area (Å²) in [6.07, 6.45) is 1.85. The largest absolute Gasteiger partial charge is 0.375 e. The summed E-state index contributed by atoms with van der Waals surface area (Å²) >= 11 is 8.00. The van der Waals surface area contributed by atoms with E-state index in [2.05, 4.69) is 10.6 Å². The number of halogens is 1. The first kappa shape index (κ1) is 19.5. The number of amides is 1. The van der Waals surface area contributed by atoms with E-state index in [9.17, 15) is 14.9 Å². The minimum atomic E-state index is -0.483. The Kier molecular flexibility index (Phi) is 6.58. The Bertz CT molecular complexity index is 841. The van der Waals surface area contributed by atoms with Crippen molar-refractivity contribution < 1.29 is 9.72 Å². The van der Waals surface area contributed by atoms with Crippen molar-refractivity contribution >= 4 is 40.6 Å². The maximum absolute atomic E-state index is 12.4. The SMILES string of the molecule is O=C(NC1CCSCC1)c1ccc(NCc2ccccc2Cl)c([N+](=O)[O-])c1. The Morgan fingerprint density at radius 1 is 1.22 bits per heavy atom. The van der Waals surface area contributed by atoms with Gasteiger partial charge in [-0.25, -0.2) is 0 Å². The summed E-state index contributed by atoms with van der Waals surface area (Å²) in [5.41, 5.74) is 1.35. The van der Waals surface area contributed by atoms with Gasteiger partial charge in [-0.05, 0) is 48.1 Å². The standard InChI is InChI=1S/C19H20ClN3O3S/c20-16-4-2-1-3-14(16)12-21-17-6-5-13(11-18(17)23(25)26)19(24)22-15-7-9-27-10-8-15/h1-6,11,15,21H,7-10,12H2,(H,22,24). The van der Waals surface area contributed by atoms with Gasteiger partial charge < -0.3 is 10.6 Å². The van der Waals surface area contributed by atoms with E-state index in [4.69, 9.17) is 11.6 Å². The van der Waals surface area contributed by atoms with Crippen LogP contribution in [0.1, 0.15) is 28.8 Å². The smallest absolute Gasteiger partial charge is 0.293 e. The lowest BCUT2D eigenvalue weighted by molar-refractivity contribution is -0.384. The third kappa shape index (κ3) is 5.14. The molecule has 2 aromatic rings. The number of carbonyl (C=O) groups is 1. The van der Waals surface area contributed by atoms with Crippen LogP contribution in [0.2, 0.25) is 5.02 Å². The number of hydrogen-bond acceptors (Lipinski definition) is 5. The predicted molar refractivity (Wildman–Crippen MR) is 110 cm³/mol. The van der Waals surface area contributed by atoms with Crippen LogP contribution in [0.3, 0.4) is 0 Å². The molecule has 27 heavy (non-hydrogen) atoms. The predicted octanol–water partition coefficient (Wildman–Crippen LogP) is 4.49. The highest BCUT2D eigenvalue weighted by Gasteiger charge is 2.21. The summed E-state index contributed by atoms with van der Waals surface area (Å²) in [4.78, 5) is 23.4. The Morgan fingerprint density at radius 2 is 1.96 bits per heavy atom. The molecule has 1 aliphatic heterocycles. The van der Waals surface area contributed by atoms with Crippen LogP contribution in [-0.4, -0.2) is 28.4 Å². The van der Waals surface area contributed by atoms with E-state index in [1.54, 1.807) is 18.2 Å². The van der Waals surface area contributed by atoms with E-state index in [0.29, 0.717) is 22.8 Å². The zero-order valence-corrected chi connectivity index (χ0v) is 16.2. The summed E-state index contributed by atoms with van der Waals surface area (Å²) in [6, 6.07) is 11.9. The van der Waals surface area contributed by atoms with Gasteiger partial charge >= 0.3 is 0 Å². The molecule has 0 atom stereocenters. The number of rotatable bonds is 6. The molecule has 2 N–H and O–H groups in total. The number of nitro groups is 1. The number of thioether (sulfide) groups is 1. The average Bonchev–Trinajstić information content (AvgIpc) is 2.68. The molecule has 1 heterocycles. The normalized spacial score (nSPS) is 14.6. The number of benzene rings is 2. The topological polar surface area (TPSA) is 84.3 Å². The molecular weight excluding hydrogens is 386 g/mol. The second-order valence-electron chi connectivity index (χ2n) is 6.29. The highest BCUT2D eigenvalue weighted by Crippen LogP contribution is 2.27. The summed E-state index contributed by atoms with van der Waals surface area (Å²) in [5, 5.41) is 18.1. The summed E-state index contributed by atoms with van der Waals surface area (Å²) in [6.45, 7) is 0.353. The van der Waals surface area contributed by atoms with E-state index in [1.807, 2.05) is 30.0 Å². The van der Waals surface area contributed by atoms with Gasteiger partial charge in [-0.2, -0.15) is 11.8 Å². The van der Waals surface area contributed by atoms with Crippen LogP contribution < -0.4 is 10.6 Å². The minimum Gasteiger partial charge on any atom is -0.375 e. The molecule has 0 bridgehead atoms. The fraction of sp³-hybridized carbons (Fsp3) is 0.316. The highest BCUT2D eigenvalue weighted by molar-refractivity contribution is 7.99. The van der Waals surface area contributed by atoms with E-state index >= 15 is 0 Å². The van der Waals surface area contributed by atoms with Gasteiger partial charge in [-0.3, -0.25) is 14.9 Å². The zero-order valence-electron chi connectivity index (χ0n) is 14.6. The Balaban J connectivity index is 1.73. The third-order valence-corrected chi connectivity index (χ3v) is 5.86. The monoisotopic (exact) mass is 405 g/mol. The van der Waals surface area contributed by atoms with Crippen LogP contribution in [0, 0.1) is 10.1 Å². The molecule has 0 unspecified atom stereocenters. The highest BCUT2D eigenvalue weighted by atomic mass is 35.5. The first-order valence-electron chi connectivity index (χ1n) is 8.69. The number of carbonyl (C=O) groups excluding carboxylic acids is 1. The lowest BCUT2D eigenvalue weighted by Gasteiger charge is -2.22. The molecular formula is C19H20ClN3O3S. The van der Waals surface area contributed by atoms with E-state index in [-0.39, 0.29) is 17.6 Å². The van der Waals surface area contributed by atoms with Crippen LogP contribution >= 0.6 is 23.4 Å². The molecule has 1 saturated heterocycles. The van der Waals surface area contributed by atoms with Gasteiger partial charge in [0.15, 0.2) is 0 Å². The third-order valence-electron chi connectivity index (χ3n) is 4.44. The van der Waals surface area contributed by atoms with Gasteiger partial charge in [0.05, 0.1) is 4.92 Å². The molecule has 0 radical (unpaired) electrons. The fourth-order valence-electron chi connectivity index (χ4n) is 2.92. The second kappa shape index (κ2) is 9.10. The van der Waals surface area contributed by atoms with Crippen LogP contribution in [0.25, 0.3) is 0 Å². The Labute approximate surface area is 166 Å². The van der Waals surface area contributed by atoms with Crippen molar-refractivity contribution in [2.24, 2.45) is 0 Å². The van der Waals surface area contributed by atoms with Crippen LogP contribution in [0.15, 0.2) is 42.5 Å². The summed E-state index contributed by atoms with van der Waals surface area (Å²) in [5.74, 6) is 1.78. The van der Waals surface area contributed by atoms with Gasteiger partial charge in [-0.1, -0.05) is 29.8 Å². The molecule has 0 saturated carbocycles. The van der Waals surface area contributed by atoms with E-state index in [1.165, 1.54) is 6.07 Å². The molecule has 0 spiro atoms. The zero-order chi connectivity index (χ0) is 19.2. The van der Waals surface area contributed by atoms with Crippen molar-refractivity contribution in [2.75, 3.05) is 16.8 Å². The van der Waals surface area contributed by atoms with Gasteiger partial charge in [0.25, 0.3) is 11.6 Å². The van der Waals surface area contributed by atoms with Crippen molar-refractivity contribution in [3.63, 3.8) is 0 Å². The van der Waals surface area contributed by atoms with Gasteiger partial charge in [-0.15, -0.1) is 0 Å². The quantitative estimate of drug-likeness (QED) is 0.546. The van der Waals surface area contributed by atoms with Crippen molar-refractivity contribution in [3.05, 3.63) is 68.7 Å². The van der Waals surface area contributed by atoms with Crippen molar-refractivity contribution in [2.45, 2.75) is 25.4 Å². The minimum absolute atomic E-state index is 0.131. The lowest BCUT2D eigenvalue weighted by Crippen LogP contribution is -2.37. The number of nitro benzene ring substituents is 1. The summed E-state index contributed by atoms with van der Waals surface area (Å²) in [7, 11) is 0. The van der Waals surface area contributed by atoms with Crippen molar-refractivity contribution in [3.8, 4) is 0 Å². The molecule has 1 aliphatic rings. The first-order valence-corrected chi connectivity index (χ1v) is 10.2. The van der Waals surface area contributed by atoms with Gasteiger partial charge in [0, 0.05) is 29.2 Å². The fourth-order valence-corrected chi connectivity index (χ4v) is 4.23. The molecule has 1 fully saturated rings. The molecule has 0 aromatic heterocycles. The molecule has 8 heteroatoms. The van der Waals surface area contributed by atoms with Crippen LogP contribution in [0.4, 0.5) is 11.4 Å². The van der Waals surface area contributed by atoms with Crippen molar-refractivity contribution in [1.82, 2.24) is 5.32 Å². The van der Waals surface area contributed by atoms with Crippen LogP contribution in [0.5, 0.6) is 0 Å². The van der Waals surface area contributed by atoms with Gasteiger partial charge in [0.1, 0.15) is 5.69 Å².